The second kappa shape index (κ2) is 10.7. The molecule has 1 N–H and O–H groups in total. The summed E-state index contributed by atoms with van der Waals surface area (Å²) in [5.74, 6) is 0.130. The van der Waals surface area contributed by atoms with Crippen molar-refractivity contribution in [2.24, 2.45) is 5.92 Å². The molecule has 1 fully saturated rings. The summed E-state index contributed by atoms with van der Waals surface area (Å²) in [6.07, 6.45) is 0.931. The lowest BCUT2D eigenvalue weighted by Crippen LogP contribution is -2.41. The van der Waals surface area contributed by atoms with Gasteiger partial charge in [0.1, 0.15) is 10.8 Å². The second-order valence-corrected chi connectivity index (χ2v) is 16.8. The average Bonchev–Trinajstić information content (AvgIpc) is 3.47. The van der Waals surface area contributed by atoms with Crippen molar-refractivity contribution >= 4 is 31.8 Å². The van der Waals surface area contributed by atoms with Gasteiger partial charge in [0.2, 0.25) is 0 Å². The smallest absolute Gasteiger partial charge is 0.350 e. The van der Waals surface area contributed by atoms with Gasteiger partial charge in [0.25, 0.3) is 15.9 Å². The molecular weight excluding hydrogens is 563 g/mol. The topological polar surface area (TPSA) is 97.2 Å². The molecule has 4 rings (SSSR count). The first-order valence-corrected chi connectivity index (χ1v) is 16.8. The SMILES string of the molecule is C[C@@H]1CN(c2nc(-n3ccc(S(C)(C)CCC(F)(F)F)n3)ccc2C(=O)NS(=O)(=O)c2ccccc2)C(C)(C)C1. The van der Waals surface area contributed by atoms with Crippen LogP contribution in [0.4, 0.5) is 19.0 Å². The van der Waals surface area contributed by atoms with E-state index in [0.717, 1.165) is 6.42 Å². The lowest BCUT2D eigenvalue weighted by molar-refractivity contribution is -0.129. The van der Waals surface area contributed by atoms with Crippen LogP contribution in [0.25, 0.3) is 5.82 Å². The highest BCUT2D eigenvalue weighted by Crippen LogP contribution is 2.50. The number of alkyl halides is 3. The van der Waals surface area contributed by atoms with Crippen molar-refractivity contribution in [1.82, 2.24) is 19.5 Å². The summed E-state index contributed by atoms with van der Waals surface area (Å²) in [7, 11) is -5.94. The van der Waals surface area contributed by atoms with E-state index in [9.17, 15) is 26.4 Å². The molecule has 2 aromatic heterocycles. The number of sulfonamides is 1. The van der Waals surface area contributed by atoms with Crippen LogP contribution < -0.4 is 9.62 Å². The van der Waals surface area contributed by atoms with Crippen LogP contribution in [0.1, 0.15) is 44.0 Å². The Hall–Kier alpha value is -3.06. The van der Waals surface area contributed by atoms with Gasteiger partial charge in [-0.25, -0.2) is 32.8 Å². The zero-order valence-electron chi connectivity index (χ0n) is 23.1. The van der Waals surface area contributed by atoms with Gasteiger partial charge in [0, 0.05) is 18.3 Å². The van der Waals surface area contributed by atoms with E-state index in [0.29, 0.717) is 29.1 Å². The van der Waals surface area contributed by atoms with E-state index in [2.05, 4.69) is 16.7 Å². The average molecular weight is 598 g/mol. The Morgan fingerprint density at radius 1 is 1.10 bits per heavy atom. The minimum atomic E-state index is -4.24. The number of halogens is 3. The van der Waals surface area contributed by atoms with Crippen molar-refractivity contribution in [1.29, 1.82) is 0 Å². The summed E-state index contributed by atoms with van der Waals surface area (Å²) in [6, 6.07) is 12.4. The first-order valence-electron chi connectivity index (χ1n) is 12.7. The number of hydrogen-bond donors (Lipinski definition) is 1. The zero-order chi connectivity index (χ0) is 29.5. The maximum absolute atomic E-state index is 13.4. The van der Waals surface area contributed by atoms with Crippen LogP contribution in [0.2, 0.25) is 0 Å². The third-order valence-corrected chi connectivity index (χ3v) is 10.9. The molecule has 1 saturated heterocycles. The van der Waals surface area contributed by atoms with Crippen LogP contribution in [0, 0.1) is 5.92 Å². The summed E-state index contributed by atoms with van der Waals surface area (Å²) in [6.45, 7) is 6.77. The number of aromatic nitrogens is 3. The number of anilines is 1. The molecule has 0 unspecified atom stereocenters. The number of nitrogens with zero attached hydrogens (tertiary/aromatic N) is 4. The van der Waals surface area contributed by atoms with Crippen LogP contribution in [-0.2, 0) is 10.0 Å². The van der Waals surface area contributed by atoms with Gasteiger partial charge in [-0.15, -0.1) is 0 Å². The number of benzene rings is 1. The Bertz CT molecular complexity index is 1490. The fourth-order valence-electron chi connectivity index (χ4n) is 4.95. The number of carbonyl (C=O) groups excluding carboxylic acids is 1. The maximum atomic E-state index is 13.4. The second-order valence-electron chi connectivity index (χ2n) is 11.2. The summed E-state index contributed by atoms with van der Waals surface area (Å²) in [5.41, 5.74) is -0.272. The Balaban J connectivity index is 1.71. The quantitative estimate of drug-likeness (QED) is 0.374. The van der Waals surface area contributed by atoms with E-state index in [4.69, 9.17) is 4.98 Å². The third-order valence-electron chi connectivity index (χ3n) is 6.98. The predicted molar refractivity (Wildman–Crippen MR) is 151 cm³/mol. The van der Waals surface area contributed by atoms with E-state index in [-0.39, 0.29) is 21.8 Å². The third kappa shape index (κ3) is 6.63. The van der Waals surface area contributed by atoms with Gasteiger partial charge in [0.05, 0.1) is 16.9 Å². The van der Waals surface area contributed by atoms with Gasteiger partial charge in [-0.3, -0.25) is 4.79 Å². The van der Waals surface area contributed by atoms with Crippen LogP contribution in [0.3, 0.4) is 0 Å². The van der Waals surface area contributed by atoms with Gasteiger partial charge in [-0.2, -0.15) is 18.3 Å². The molecule has 218 valence electrons. The van der Waals surface area contributed by atoms with Gasteiger partial charge >= 0.3 is 6.18 Å². The molecule has 1 atom stereocenters. The minimum absolute atomic E-state index is 0.0377. The lowest BCUT2D eigenvalue weighted by atomic mass is 9.97. The fraction of sp³-hybridized carbons (Fsp3) is 0.444. The highest BCUT2D eigenvalue weighted by atomic mass is 32.3. The van der Waals surface area contributed by atoms with Crippen molar-refractivity contribution < 1.29 is 26.4 Å². The van der Waals surface area contributed by atoms with Crippen LogP contribution in [0.15, 0.2) is 64.6 Å². The lowest BCUT2D eigenvalue weighted by Gasteiger charge is -2.34. The Morgan fingerprint density at radius 3 is 2.38 bits per heavy atom. The molecule has 8 nitrogen and oxygen atoms in total. The molecule has 0 bridgehead atoms. The molecule has 1 aliphatic heterocycles. The van der Waals surface area contributed by atoms with E-state index < -0.39 is 38.6 Å². The number of carbonyl (C=O) groups is 1. The molecule has 0 saturated carbocycles. The number of pyridine rings is 1. The normalized spacial score (nSPS) is 18.1. The van der Waals surface area contributed by atoms with Crippen molar-refractivity contribution in [2.75, 3.05) is 29.7 Å². The summed E-state index contributed by atoms with van der Waals surface area (Å²) in [5, 5.41) is 5.12. The molecule has 0 aliphatic carbocycles. The highest BCUT2D eigenvalue weighted by Gasteiger charge is 2.39. The monoisotopic (exact) mass is 597 g/mol. The Morgan fingerprint density at radius 2 is 1.77 bits per heavy atom. The van der Waals surface area contributed by atoms with E-state index >= 15 is 0 Å². The van der Waals surface area contributed by atoms with E-state index in [1.54, 1.807) is 49.0 Å². The van der Waals surface area contributed by atoms with Gasteiger partial charge in [-0.1, -0.05) is 25.1 Å². The Kier molecular flexibility index (Phi) is 8.03. The van der Waals surface area contributed by atoms with Crippen LogP contribution in [-0.4, -0.2) is 65.6 Å². The summed E-state index contributed by atoms with van der Waals surface area (Å²) < 4.78 is 68.0. The highest BCUT2D eigenvalue weighted by molar-refractivity contribution is 8.32. The van der Waals surface area contributed by atoms with Gasteiger partial charge in [0.15, 0.2) is 5.82 Å². The molecule has 1 aromatic carbocycles. The number of amides is 1. The molecule has 1 amide bonds. The maximum Gasteiger partial charge on any atom is 0.389 e. The van der Waals surface area contributed by atoms with Crippen LogP contribution in [0.5, 0.6) is 0 Å². The summed E-state index contributed by atoms with van der Waals surface area (Å²) in [4.78, 5) is 20.1. The predicted octanol–water partition coefficient (Wildman–Crippen LogP) is 5.39. The number of hydrogen-bond acceptors (Lipinski definition) is 6. The molecule has 3 heterocycles. The first-order chi connectivity index (χ1) is 18.5. The first kappa shape index (κ1) is 29.9. The molecule has 0 spiro atoms. The van der Waals surface area contributed by atoms with Crippen LogP contribution >= 0.6 is 10.0 Å². The molecule has 40 heavy (non-hydrogen) atoms. The van der Waals surface area contributed by atoms with Gasteiger partial charge in [-0.05, 0) is 74.8 Å². The molecular formula is C27H34F3N5O3S2. The number of nitrogens with one attached hydrogen (secondary N) is 1. The standard InChI is InChI=1S/C27H34F3N5O3S2/c1-19-17-26(2,3)34(18-19)24-21(25(36)33-40(37,38)20-9-7-6-8-10-20)11-12-22(31-24)35-15-13-23(32-35)39(4,5)16-14-27(28,29)30/h6-13,15,19H,14,16-18H2,1-5H3,(H,33,36)/t19-/m0/s1. The Labute approximate surface area is 234 Å². The number of rotatable bonds is 8. The molecule has 0 radical (unpaired) electrons. The van der Waals surface area contributed by atoms with Crippen molar-refractivity contribution in [3.8, 4) is 5.82 Å². The molecule has 3 aromatic rings. The molecule has 13 heteroatoms. The summed E-state index contributed by atoms with van der Waals surface area (Å²) >= 11 is 0. The van der Waals surface area contributed by atoms with Crippen molar-refractivity contribution in [2.45, 2.75) is 55.2 Å². The fourth-order valence-corrected chi connectivity index (χ4v) is 7.63. The molecule has 1 aliphatic rings. The minimum Gasteiger partial charge on any atom is -0.350 e. The van der Waals surface area contributed by atoms with Gasteiger partial charge < -0.3 is 4.90 Å². The van der Waals surface area contributed by atoms with Crippen molar-refractivity contribution in [3.05, 3.63) is 60.3 Å². The van der Waals surface area contributed by atoms with E-state index in [1.807, 2.05) is 18.7 Å². The van der Waals surface area contributed by atoms with E-state index in [1.165, 1.54) is 22.9 Å². The zero-order valence-corrected chi connectivity index (χ0v) is 24.7. The largest absolute Gasteiger partial charge is 0.389 e. The van der Waals surface area contributed by atoms with Crippen molar-refractivity contribution in [3.63, 3.8) is 0 Å².